The Morgan fingerprint density at radius 3 is 1.70 bits per heavy atom. The van der Waals surface area contributed by atoms with Gasteiger partial charge in [-0.3, -0.25) is 5.04 Å². The topological polar surface area (TPSA) is 276 Å². The van der Waals surface area contributed by atoms with Crippen molar-refractivity contribution in [1.29, 1.82) is 0 Å². The first-order valence-electron chi connectivity index (χ1n) is 10.1. The van der Waals surface area contributed by atoms with E-state index in [1.54, 1.807) is 0 Å². The fraction of sp³-hybridized carbons (Fsp3) is 0. The van der Waals surface area contributed by atoms with Crippen molar-refractivity contribution in [1.82, 2.24) is 15.0 Å². The van der Waals surface area contributed by atoms with Gasteiger partial charge in [0.25, 0.3) is 0 Å². The molecule has 4 aromatic rings. The molecule has 0 fully saturated rings. The fourth-order valence-corrected chi connectivity index (χ4v) is 5.31. The average Bonchev–Trinajstić information content (AvgIpc) is 2.85. The summed E-state index contributed by atoms with van der Waals surface area (Å²) in [4.78, 5) is 9.63. The van der Waals surface area contributed by atoms with Crippen molar-refractivity contribution >= 4 is 76.4 Å². The van der Waals surface area contributed by atoms with Crippen LogP contribution in [0.4, 0.5) is 23.3 Å². The van der Waals surface area contributed by atoms with Crippen molar-refractivity contribution in [3.05, 3.63) is 54.6 Å². The van der Waals surface area contributed by atoms with Gasteiger partial charge in [0.05, 0.1) is 21.8 Å². The van der Waals surface area contributed by atoms with E-state index in [9.17, 15) is 44.2 Å². The fourth-order valence-electron chi connectivity index (χ4n) is 3.22. The standard InChI is InChI=1S/C19H15N5O12S4.4Na/c25-35-36-37-13-4-1-11(2-5-13)20-17-22-18(24-19(23-17)40(32,33)34)21-12-3-6-15-10(7-12)8-14(38(26,27)28)9-16(15)39(29,30)31;;;;/h1-9,25H,(H,26,27,28)(H,29,30,31)(H,32,33,34)(H2,20,21,22,23,24);;;;/q;4*+1/p-4. The summed E-state index contributed by atoms with van der Waals surface area (Å²) in [7, 11) is -15.5. The molecule has 3 aromatic carbocycles. The van der Waals surface area contributed by atoms with Gasteiger partial charge in [-0.25, -0.2) is 25.3 Å². The molecule has 25 heteroatoms. The summed E-state index contributed by atoms with van der Waals surface area (Å²) in [5.74, 6) is -0.879. The Balaban J connectivity index is 0.00000462. The van der Waals surface area contributed by atoms with Crippen LogP contribution in [0.15, 0.2) is 74.4 Å². The van der Waals surface area contributed by atoms with Gasteiger partial charge in [-0.2, -0.15) is 19.3 Å². The van der Waals surface area contributed by atoms with Crippen molar-refractivity contribution in [2.24, 2.45) is 0 Å². The zero-order valence-corrected chi connectivity index (χ0v) is 34.3. The van der Waals surface area contributed by atoms with Crippen molar-refractivity contribution in [3.8, 4) is 0 Å². The summed E-state index contributed by atoms with van der Waals surface area (Å²) in [5, 5.41) is 16.8. The number of benzene rings is 3. The van der Waals surface area contributed by atoms with Crippen LogP contribution < -0.4 is 134 Å². The monoisotopic (exact) mass is 721 g/mol. The number of hydrogen-bond acceptors (Lipinski definition) is 18. The molecule has 0 unspecified atom stereocenters. The molecule has 0 saturated carbocycles. The minimum Gasteiger partial charge on any atom is -0.744 e. The zero-order valence-electron chi connectivity index (χ0n) is 23.1. The predicted molar refractivity (Wildman–Crippen MR) is 129 cm³/mol. The summed E-state index contributed by atoms with van der Waals surface area (Å²) >= 11 is 0.614. The second kappa shape index (κ2) is 18.3. The average molecular weight is 722 g/mol. The zero-order chi connectivity index (χ0) is 29.3. The van der Waals surface area contributed by atoms with Gasteiger partial charge in [-0.05, 0) is 59.3 Å². The number of aromatic nitrogens is 3. The molecule has 4 rings (SSSR count). The maximum absolute atomic E-state index is 11.7. The third kappa shape index (κ3) is 12.2. The molecule has 0 aliphatic heterocycles. The van der Waals surface area contributed by atoms with Crippen LogP contribution in [-0.2, 0) is 39.7 Å². The summed E-state index contributed by atoms with van der Waals surface area (Å²) < 4.78 is 109. The molecule has 0 aliphatic rings. The molecule has 17 nitrogen and oxygen atoms in total. The van der Waals surface area contributed by atoms with E-state index in [-0.39, 0.29) is 135 Å². The van der Waals surface area contributed by atoms with E-state index >= 15 is 0 Å². The maximum atomic E-state index is 11.7. The minimum atomic E-state index is -5.19. The smallest absolute Gasteiger partial charge is 0.744 e. The molecule has 0 aliphatic carbocycles. The van der Waals surface area contributed by atoms with Gasteiger partial charge >= 0.3 is 118 Å². The third-order valence-electron chi connectivity index (χ3n) is 4.81. The SMILES string of the molecule is O=S(=O)([O-])c1cc(S(=O)(=O)[O-])c2ccc(Nc3nc(Nc4ccc(SOO[O-])cc4)nc(S(=O)(=O)[O-])n3)cc2c1.[Na+].[Na+].[Na+].[Na+]. The minimum absolute atomic E-state index is 0. The summed E-state index contributed by atoms with van der Waals surface area (Å²) in [5.41, 5.74) is 0.317. The quantitative estimate of drug-likeness (QED) is 0.0506. The Labute approximate surface area is 343 Å². The largest absolute Gasteiger partial charge is 1.00 e. The molecule has 1 aromatic heterocycles. The number of anilines is 4. The molecule has 0 amide bonds. The third-order valence-corrected chi connectivity index (χ3v) is 7.72. The number of rotatable bonds is 10. The van der Waals surface area contributed by atoms with Crippen LogP contribution in [-0.4, -0.2) is 53.9 Å². The summed E-state index contributed by atoms with van der Waals surface area (Å²) in [6.07, 6.45) is 0. The van der Waals surface area contributed by atoms with Gasteiger partial charge in [0, 0.05) is 16.3 Å². The maximum Gasteiger partial charge on any atom is 1.00 e. The van der Waals surface area contributed by atoms with E-state index in [2.05, 4.69) is 35.0 Å². The van der Waals surface area contributed by atoms with Crippen LogP contribution in [0.2, 0.25) is 0 Å². The second-order valence-corrected chi connectivity index (χ2v) is 12.3. The van der Waals surface area contributed by atoms with Crippen molar-refractivity contribution in [3.63, 3.8) is 0 Å². The van der Waals surface area contributed by atoms with E-state index in [1.165, 1.54) is 30.3 Å². The first-order chi connectivity index (χ1) is 18.6. The van der Waals surface area contributed by atoms with Gasteiger partial charge < -0.3 is 29.5 Å². The molecule has 1 heterocycles. The van der Waals surface area contributed by atoms with Crippen molar-refractivity contribution < 1.29 is 172 Å². The summed E-state index contributed by atoms with van der Waals surface area (Å²) in [6.45, 7) is 0. The number of nitrogens with zero attached hydrogens (tertiary/aromatic N) is 3. The van der Waals surface area contributed by atoms with Crippen LogP contribution in [0, 0.1) is 0 Å². The van der Waals surface area contributed by atoms with Gasteiger partial charge in [-0.1, -0.05) is 6.07 Å². The van der Waals surface area contributed by atoms with E-state index in [0.29, 0.717) is 28.7 Å². The number of nitrogens with one attached hydrogen (secondary N) is 2. The Hall–Kier alpha value is 0.490. The normalized spacial score (nSPS) is 11.3. The Morgan fingerprint density at radius 1 is 0.659 bits per heavy atom. The van der Waals surface area contributed by atoms with E-state index in [4.69, 9.17) is 0 Å². The van der Waals surface area contributed by atoms with Crippen LogP contribution in [0.5, 0.6) is 0 Å². The molecule has 212 valence electrons. The molecule has 2 N–H and O–H groups in total. The Kier molecular flexibility index (Phi) is 18.5. The van der Waals surface area contributed by atoms with Crippen LogP contribution in [0.1, 0.15) is 0 Å². The predicted octanol–water partition coefficient (Wildman–Crippen LogP) is -11.5. The summed E-state index contributed by atoms with van der Waals surface area (Å²) in [6, 6.07) is 10.7. The van der Waals surface area contributed by atoms with E-state index in [0.717, 1.165) is 18.2 Å². The first kappa shape index (κ1) is 44.5. The number of fused-ring (bicyclic) bond motifs is 1. The molecule has 0 radical (unpaired) electrons. The first-order valence-corrected chi connectivity index (χ1v) is 15.1. The van der Waals surface area contributed by atoms with Crippen LogP contribution in [0.25, 0.3) is 10.8 Å². The molecular formula is C19H11N5Na4O12S4. The van der Waals surface area contributed by atoms with Crippen molar-refractivity contribution in [2.45, 2.75) is 19.8 Å². The second-order valence-electron chi connectivity index (χ2n) is 7.48. The van der Waals surface area contributed by atoms with Crippen LogP contribution in [0.3, 0.4) is 0 Å². The molecule has 0 saturated heterocycles. The molecule has 0 atom stereocenters. The molecular weight excluding hydrogens is 710 g/mol. The Morgan fingerprint density at radius 2 is 1.20 bits per heavy atom. The van der Waals surface area contributed by atoms with Gasteiger partial charge in [0.15, 0.2) is 10.1 Å². The van der Waals surface area contributed by atoms with Crippen molar-refractivity contribution in [2.75, 3.05) is 10.6 Å². The van der Waals surface area contributed by atoms with Crippen LogP contribution >= 0.6 is 12.0 Å². The molecule has 0 bridgehead atoms. The number of hydrogen-bond donors (Lipinski definition) is 2. The van der Waals surface area contributed by atoms with E-state index < -0.39 is 57.2 Å². The van der Waals surface area contributed by atoms with Gasteiger partial charge in [-0.15, -0.1) is 0 Å². The molecule has 44 heavy (non-hydrogen) atoms. The molecule has 0 spiro atoms. The van der Waals surface area contributed by atoms with Gasteiger partial charge in [0.1, 0.15) is 20.2 Å². The van der Waals surface area contributed by atoms with Gasteiger partial charge in [0.2, 0.25) is 17.1 Å². The Bertz CT molecular complexity index is 1940. The van der Waals surface area contributed by atoms with E-state index in [1.807, 2.05) is 0 Å².